The topological polar surface area (TPSA) is 34.9 Å². The Labute approximate surface area is 151 Å². The molecule has 5 heteroatoms. The summed E-state index contributed by atoms with van der Waals surface area (Å²) < 4.78 is 5.56. The highest BCUT2D eigenvalue weighted by atomic mass is 16.3. The van der Waals surface area contributed by atoms with Crippen molar-refractivity contribution in [3.63, 3.8) is 0 Å². The van der Waals surface area contributed by atoms with Gasteiger partial charge in [-0.2, -0.15) is 0 Å². The molecular formula is C20H30N4O. The third-order valence-corrected chi connectivity index (χ3v) is 4.97. The van der Waals surface area contributed by atoms with Crippen LogP contribution in [-0.4, -0.2) is 63.7 Å². The Balaban J connectivity index is 1.50. The van der Waals surface area contributed by atoms with Gasteiger partial charge in [0.2, 0.25) is 0 Å². The molecule has 0 radical (unpaired) electrons. The van der Waals surface area contributed by atoms with E-state index in [9.17, 15) is 0 Å². The number of piperazine rings is 1. The molecule has 1 aromatic carbocycles. The number of rotatable bonds is 7. The van der Waals surface area contributed by atoms with Crippen LogP contribution in [0.15, 0.2) is 47.1 Å². The van der Waals surface area contributed by atoms with Gasteiger partial charge in [-0.05, 0) is 51.0 Å². The molecule has 136 valence electrons. The number of hydrogen-bond acceptors (Lipinski definition) is 5. The molecule has 1 unspecified atom stereocenters. The van der Waals surface area contributed by atoms with Crippen LogP contribution in [0.5, 0.6) is 0 Å². The van der Waals surface area contributed by atoms with Crippen molar-refractivity contribution < 1.29 is 4.42 Å². The maximum Gasteiger partial charge on any atom is 0.122 e. The average molecular weight is 342 g/mol. The van der Waals surface area contributed by atoms with Crippen molar-refractivity contribution in [1.29, 1.82) is 0 Å². The summed E-state index contributed by atoms with van der Waals surface area (Å²) in [7, 11) is 6.36. The van der Waals surface area contributed by atoms with Crippen LogP contribution in [0.4, 0.5) is 5.69 Å². The summed E-state index contributed by atoms with van der Waals surface area (Å²) in [5.74, 6) is 1.00. The number of likely N-dealkylation sites (N-methyl/N-ethyl adjacent to an activating group) is 2. The molecule has 1 fully saturated rings. The van der Waals surface area contributed by atoms with Crippen LogP contribution in [0.2, 0.25) is 0 Å². The first-order valence-electron chi connectivity index (χ1n) is 9.06. The Morgan fingerprint density at radius 1 is 1.08 bits per heavy atom. The molecule has 2 aromatic rings. The number of benzene rings is 1. The van der Waals surface area contributed by atoms with Crippen molar-refractivity contribution in [2.75, 3.05) is 58.8 Å². The van der Waals surface area contributed by atoms with Gasteiger partial charge in [-0.15, -0.1) is 0 Å². The zero-order valence-electron chi connectivity index (χ0n) is 15.6. The van der Waals surface area contributed by atoms with Gasteiger partial charge >= 0.3 is 0 Å². The molecule has 5 nitrogen and oxygen atoms in total. The van der Waals surface area contributed by atoms with Crippen LogP contribution >= 0.6 is 0 Å². The summed E-state index contributed by atoms with van der Waals surface area (Å²) in [6, 6.07) is 13.2. The van der Waals surface area contributed by atoms with Crippen LogP contribution in [0.25, 0.3) is 0 Å². The van der Waals surface area contributed by atoms with Crippen LogP contribution in [-0.2, 0) is 6.54 Å². The molecule has 1 aromatic heterocycles. The maximum atomic E-state index is 5.56. The largest absolute Gasteiger partial charge is 0.468 e. The lowest BCUT2D eigenvalue weighted by Crippen LogP contribution is -2.44. The molecule has 0 saturated carbocycles. The average Bonchev–Trinajstić information content (AvgIpc) is 3.14. The van der Waals surface area contributed by atoms with E-state index in [1.807, 2.05) is 12.1 Å². The molecule has 3 rings (SSSR count). The standard InChI is InChI=1S/C20H30N4O/c1-22(2)19(20-5-4-14-25-20)16-21-15-17-6-8-18(9-7-17)24-12-10-23(3)11-13-24/h4-9,14,19,21H,10-13,15-16H2,1-3H3. The van der Waals surface area contributed by atoms with Crippen molar-refractivity contribution in [3.05, 3.63) is 54.0 Å². The van der Waals surface area contributed by atoms with Crippen molar-refractivity contribution >= 4 is 5.69 Å². The number of hydrogen-bond donors (Lipinski definition) is 1. The Hall–Kier alpha value is -1.82. The zero-order chi connectivity index (χ0) is 17.6. The normalized spacial score (nSPS) is 17.2. The third kappa shape index (κ3) is 4.84. The Bertz CT molecular complexity index is 616. The van der Waals surface area contributed by atoms with Gasteiger partial charge in [-0.1, -0.05) is 12.1 Å². The fraction of sp³-hybridized carbons (Fsp3) is 0.500. The lowest BCUT2D eigenvalue weighted by Gasteiger charge is -2.34. The molecule has 1 aliphatic rings. The number of nitrogens with zero attached hydrogens (tertiary/aromatic N) is 3. The minimum Gasteiger partial charge on any atom is -0.468 e. The summed E-state index contributed by atoms with van der Waals surface area (Å²) in [6.07, 6.45) is 1.74. The molecule has 1 saturated heterocycles. The molecular weight excluding hydrogens is 312 g/mol. The lowest BCUT2D eigenvalue weighted by molar-refractivity contribution is 0.250. The number of anilines is 1. The summed E-state index contributed by atoms with van der Waals surface area (Å²) >= 11 is 0. The minimum absolute atomic E-state index is 0.250. The highest BCUT2D eigenvalue weighted by molar-refractivity contribution is 5.48. The molecule has 0 amide bonds. The van der Waals surface area contributed by atoms with E-state index in [0.717, 1.165) is 45.0 Å². The van der Waals surface area contributed by atoms with Gasteiger partial charge in [0.05, 0.1) is 12.3 Å². The highest BCUT2D eigenvalue weighted by Crippen LogP contribution is 2.19. The molecule has 2 heterocycles. The van der Waals surface area contributed by atoms with Gasteiger partial charge in [0.25, 0.3) is 0 Å². The molecule has 1 aliphatic heterocycles. The van der Waals surface area contributed by atoms with E-state index in [1.54, 1.807) is 6.26 Å². The second kappa shape index (κ2) is 8.52. The third-order valence-electron chi connectivity index (χ3n) is 4.97. The number of nitrogens with one attached hydrogen (secondary N) is 1. The zero-order valence-corrected chi connectivity index (χ0v) is 15.6. The van der Waals surface area contributed by atoms with Gasteiger partial charge < -0.3 is 19.5 Å². The molecule has 0 spiro atoms. The minimum atomic E-state index is 0.250. The fourth-order valence-corrected chi connectivity index (χ4v) is 3.26. The smallest absolute Gasteiger partial charge is 0.122 e. The van der Waals surface area contributed by atoms with Crippen molar-refractivity contribution in [1.82, 2.24) is 15.1 Å². The summed E-state index contributed by atoms with van der Waals surface area (Å²) in [4.78, 5) is 7.04. The first-order valence-corrected chi connectivity index (χ1v) is 9.06. The van der Waals surface area contributed by atoms with E-state index in [0.29, 0.717) is 0 Å². The summed E-state index contributed by atoms with van der Waals surface area (Å²) in [6.45, 7) is 6.24. The second-order valence-electron chi connectivity index (χ2n) is 7.08. The SMILES string of the molecule is CN1CCN(c2ccc(CNCC(c3ccco3)N(C)C)cc2)CC1. The first kappa shape index (κ1) is 18.0. The van der Waals surface area contributed by atoms with Gasteiger partial charge in [0, 0.05) is 45.0 Å². The molecule has 0 bridgehead atoms. The van der Waals surface area contributed by atoms with Gasteiger partial charge in [-0.3, -0.25) is 4.90 Å². The quantitative estimate of drug-likeness (QED) is 0.836. The maximum absolute atomic E-state index is 5.56. The highest BCUT2D eigenvalue weighted by Gasteiger charge is 2.16. The Morgan fingerprint density at radius 2 is 1.80 bits per heavy atom. The van der Waals surface area contributed by atoms with Crippen LogP contribution in [0.1, 0.15) is 17.4 Å². The van der Waals surface area contributed by atoms with Gasteiger partial charge in [-0.25, -0.2) is 0 Å². The van der Waals surface area contributed by atoms with Crippen molar-refractivity contribution in [2.24, 2.45) is 0 Å². The van der Waals surface area contributed by atoms with Crippen molar-refractivity contribution in [3.8, 4) is 0 Å². The Morgan fingerprint density at radius 3 is 2.40 bits per heavy atom. The van der Waals surface area contributed by atoms with E-state index < -0.39 is 0 Å². The Kier molecular flexibility index (Phi) is 6.13. The molecule has 25 heavy (non-hydrogen) atoms. The van der Waals surface area contributed by atoms with Gasteiger partial charge in [0.1, 0.15) is 5.76 Å². The first-order chi connectivity index (χ1) is 12.1. The van der Waals surface area contributed by atoms with Gasteiger partial charge in [0.15, 0.2) is 0 Å². The molecule has 0 aliphatic carbocycles. The van der Waals surface area contributed by atoms with Crippen LogP contribution < -0.4 is 10.2 Å². The van der Waals surface area contributed by atoms with E-state index in [4.69, 9.17) is 4.42 Å². The van der Waals surface area contributed by atoms with Crippen LogP contribution in [0, 0.1) is 0 Å². The predicted molar refractivity (Wildman–Crippen MR) is 103 cm³/mol. The summed E-state index contributed by atoms with van der Waals surface area (Å²) in [5.41, 5.74) is 2.65. The molecule has 1 atom stereocenters. The predicted octanol–water partition coefficient (Wildman–Crippen LogP) is 2.42. The number of furan rings is 1. The molecule has 1 N–H and O–H groups in total. The van der Waals surface area contributed by atoms with Crippen LogP contribution in [0.3, 0.4) is 0 Å². The summed E-state index contributed by atoms with van der Waals surface area (Å²) in [5, 5.41) is 3.55. The van der Waals surface area contributed by atoms with E-state index >= 15 is 0 Å². The monoisotopic (exact) mass is 342 g/mol. The van der Waals surface area contributed by atoms with E-state index in [-0.39, 0.29) is 6.04 Å². The van der Waals surface area contributed by atoms with E-state index in [1.165, 1.54) is 11.3 Å². The lowest BCUT2D eigenvalue weighted by atomic mass is 10.1. The fourth-order valence-electron chi connectivity index (χ4n) is 3.26. The second-order valence-corrected chi connectivity index (χ2v) is 7.08. The van der Waals surface area contributed by atoms with Crippen molar-refractivity contribution in [2.45, 2.75) is 12.6 Å². The van der Waals surface area contributed by atoms with E-state index in [2.05, 4.69) is 65.4 Å².